The van der Waals surface area contributed by atoms with Crippen molar-refractivity contribution >= 4 is 5.78 Å². The van der Waals surface area contributed by atoms with E-state index in [0.29, 0.717) is 12.5 Å². The van der Waals surface area contributed by atoms with Gasteiger partial charge in [0.15, 0.2) is 5.78 Å². The molecular formula is C24H38O2. The first-order valence-corrected chi connectivity index (χ1v) is 10.9. The van der Waals surface area contributed by atoms with E-state index in [0.717, 1.165) is 24.3 Å². The SMILES string of the molecule is CCCCCC1CCC(c2ccc(C(=O)C(C)OCCCC)cc2)CC1. The number of carbonyl (C=O) groups excluding carboxylic acids is 1. The molecule has 0 heterocycles. The standard InChI is InChI=1S/C24H38O2/c1-4-6-8-9-20-10-12-21(13-11-20)22-14-16-23(17-15-22)24(25)19(3)26-18-7-5-2/h14-17,19-21H,4-13,18H2,1-3H3. The van der Waals surface area contributed by atoms with E-state index in [-0.39, 0.29) is 11.9 Å². The zero-order chi connectivity index (χ0) is 18.8. The van der Waals surface area contributed by atoms with Crippen LogP contribution in [-0.4, -0.2) is 18.5 Å². The Morgan fingerprint density at radius 1 is 1.00 bits per heavy atom. The molecule has 0 N–H and O–H groups in total. The van der Waals surface area contributed by atoms with Gasteiger partial charge in [-0.3, -0.25) is 4.79 Å². The van der Waals surface area contributed by atoms with Crippen LogP contribution < -0.4 is 0 Å². The largest absolute Gasteiger partial charge is 0.370 e. The third kappa shape index (κ3) is 6.54. The molecule has 2 rings (SSSR count). The van der Waals surface area contributed by atoms with Gasteiger partial charge in [0.1, 0.15) is 6.10 Å². The molecule has 0 aromatic heterocycles. The van der Waals surface area contributed by atoms with Crippen molar-refractivity contribution in [3.8, 4) is 0 Å². The van der Waals surface area contributed by atoms with Gasteiger partial charge in [0, 0.05) is 12.2 Å². The molecule has 0 spiro atoms. The lowest BCUT2D eigenvalue weighted by molar-refractivity contribution is 0.0468. The predicted octanol–water partition coefficient (Wildman–Crippen LogP) is 6.93. The molecule has 1 saturated carbocycles. The fourth-order valence-electron chi connectivity index (χ4n) is 4.10. The molecule has 0 bridgehead atoms. The quantitative estimate of drug-likeness (QED) is 0.317. The smallest absolute Gasteiger partial charge is 0.191 e. The lowest BCUT2D eigenvalue weighted by atomic mass is 9.77. The zero-order valence-corrected chi connectivity index (χ0v) is 17.1. The summed E-state index contributed by atoms with van der Waals surface area (Å²) < 4.78 is 5.65. The van der Waals surface area contributed by atoms with Crippen molar-refractivity contribution in [2.24, 2.45) is 5.92 Å². The highest BCUT2D eigenvalue weighted by Gasteiger charge is 2.22. The lowest BCUT2D eigenvalue weighted by Gasteiger charge is -2.29. The molecule has 1 aromatic rings. The molecule has 0 saturated heterocycles. The van der Waals surface area contributed by atoms with Crippen molar-refractivity contribution in [1.29, 1.82) is 0 Å². The van der Waals surface area contributed by atoms with E-state index in [4.69, 9.17) is 4.74 Å². The number of benzene rings is 1. The number of Topliss-reactive ketones (excluding diaryl/α,β-unsaturated/α-hetero) is 1. The maximum atomic E-state index is 12.5. The summed E-state index contributed by atoms with van der Waals surface area (Å²) in [6.07, 6.45) is 12.7. The Morgan fingerprint density at radius 3 is 2.27 bits per heavy atom. The number of rotatable bonds is 11. The second-order valence-corrected chi connectivity index (χ2v) is 8.07. The number of unbranched alkanes of at least 4 members (excludes halogenated alkanes) is 3. The molecule has 1 fully saturated rings. The van der Waals surface area contributed by atoms with Crippen molar-refractivity contribution in [2.45, 2.75) is 97.0 Å². The first-order chi connectivity index (χ1) is 12.7. The van der Waals surface area contributed by atoms with Gasteiger partial charge in [-0.1, -0.05) is 70.2 Å². The topological polar surface area (TPSA) is 26.3 Å². The Bertz CT molecular complexity index is 512. The monoisotopic (exact) mass is 358 g/mol. The summed E-state index contributed by atoms with van der Waals surface area (Å²) in [4.78, 5) is 12.5. The Labute approximate surface area is 160 Å². The van der Waals surface area contributed by atoms with Gasteiger partial charge >= 0.3 is 0 Å². The maximum absolute atomic E-state index is 12.5. The molecule has 0 aliphatic heterocycles. The van der Waals surface area contributed by atoms with Crippen molar-refractivity contribution < 1.29 is 9.53 Å². The minimum atomic E-state index is -0.342. The van der Waals surface area contributed by atoms with Crippen LogP contribution in [0.5, 0.6) is 0 Å². The van der Waals surface area contributed by atoms with Crippen LogP contribution in [0.1, 0.15) is 107 Å². The van der Waals surface area contributed by atoms with Gasteiger partial charge in [-0.15, -0.1) is 0 Å². The zero-order valence-electron chi connectivity index (χ0n) is 17.1. The van der Waals surface area contributed by atoms with Crippen LogP contribution in [-0.2, 0) is 4.74 Å². The Morgan fingerprint density at radius 2 is 1.65 bits per heavy atom. The van der Waals surface area contributed by atoms with Crippen molar-refractivity contribution in [3.05, 3.63) is 35.4 Å². The highest BCUT2D eigenvalue weighted by Crippen LogP contribution is 2.37. The second kappa shape index (κ2) is 11.5. The van der Waals surface area contributed by atoms with Gasteiger partial charge in [-0.2, -0.15) is 0 Å². The Hall–Kier alpha value is -1.15. The third-order valence-corrected chi connectivity index (χ3v) is 5.96. The van der Waals surface area contributed by atoms with E-state index in [1.807, 2.05) is 19.1 Å². The van der Waals surface area contributed by atoms with E-state index in [9.17, 15) is 4.79 Å². The summed E-state index contributed by atoms with van der Waals surface area (Å²) in [5, 5.41) is 0. The Kier molecular flexibility index (Phi) is 9.39. The summed E-state index contributed by atoms with van der Waals surface area (Å²) >= 11 is 0. The summed E-state index contributed by atoms with van der Waals surface area (Å²) in [5.74, 6) is 1.73. The number of ether oxygens (including phenoxy) is 1. The second-order valence-electron chi connectivity index (χ2n) is 8.07. The van der Waals surface area contributed by atoms with Crippen LogP contribution in [0.4, 0.5) is 0 Å². The van der Waals surface area contributed by atoms with Gasteiger partial charge in [0.25, 0.3) is 0 Å². The van der Waals surface area contributed by atoms with E-state index < -0.39 is 0 Å². The molecular weight excluding hydrogens is 320 g/mol. The number of carbonyl (C=O) groups is 1. The third-order valence-electron chi connectivity index (χ3n) is 5.96. The van der Waals surface area contributed by atoms with Gasteiger partial charge in [-0.05, 0) is 56.4 Å². The molecule has 0 radical (unpaired) electrons. The predicted molar refractivity (Wildman–Crippen MR) is 110 cm³/mol. The van der Waals surface area contributed by atoms with Crippen LogP contribution in [0, 0.1) is 5.92 Å². The molecule has 146 valence electrons. The van der Waals surface area contributed by atoms with Crippen LogP contribution in [0.2, 0.25) is 0 Å². The number of hydrogen-bond acceptors (Lipinski definition) is 2. The molecule has 1 aliphatic carbocycles. The van der Waals surface area contributed by atoms with Gasteiger partial charge in [0.2, 0.25) is 0 Å². The first kappa shape index (κ1) is 21.2. The molecule has 2 heteroatoms. The minimum absolute atomic E-state index is 0.104. The summed E-state index contributed by atoms with van der Waals surface area (Å²) in [6.45, 7) is 6.95. The molecule has 1 atom stereocenters. The highest BCUT2D eigenvalue weighted by atomic mass is 16.5. The van der Waals surface area contributed by atoms with E-state index in [1.165, 1.54) is 56.9 Å². The molecule has 1 aromatic carbocycles. The van der Waals surface area contributed by atoms with Crippen LogP contribution in [0.15, 0.2) is 24.3 Å². The average molecular weight is 359 g/mol. The molecule has 0 amide bonds. The van der Waals surface area contributed by atoms with E-state index >= 15 is 0 Å². The van der Waals surface area contributed by atoms with Gasteiger partial charge in [-0.25, -0.2) is 0 Å². The normalized spacial score (nSPS) is 21.5. The van der Waals surface area contributed by atoms with E-state index in [2.05, 4.69) is 26.0 Å². The molecule has 1 unspecified atom stereocenters. The minimum Gasteiger partial charge on any atom is -0.370 e. The Balaban J connectivity index is 1.81. The number of hydrogen-bond donors (Lipinski definition) is 0. The molecule has 1 aliphatic rings. The summed E-state index contributed by atoms with van der Waals surface area (Å²) in [5.41, 5.74) is 2.19. The van der Waals surface area contributed by atoms with Crippen LogP contribution >= 0.6 is 0 Å². The average Bonchev–Trinajstić information content (AvgIpc) is 2.68. The lowest BCUT2D eigenvalue weighted by Crippen LogP contribution is -2.21. The van der Waals surface area contributed by atoms with Crippen LogP contribution in [0.25, 0.3) is 0 Å². The van der Waals surface area contributed by atoms with Crippen molar-refractivity contribution in [2.75, 3.05) is 6.61 Å². The summed E-state index contributed by atoms with van der Waals surface area (Å²) in [7, 11) is 0. The van der Waals surface area contributed by atoms with Gasteiger partial charge in [0.05, 0.1) is 0 Å². The molecule has 26 heavy (non-hydrogen) atoms. The first-order valence-electron chi connectivity index (χ1n) is 10.9. The summed E-state index contributed by atoms with van der Waals surface area (Å²) in [6, 6.07) is 8.36. The fourth-order valence-corrected chi connectivity index (χ4v) is 4.10. The van der Waals surface area contributed by atoms with Crippen LogP contribution in [0.3, 0.4) is 0 Å². The maximum Gasteiger partial charge on any atom is 0.191 e. The van der Waals surface area contributed by atoms with Crippen molar-refractivity contribution in [1.82, 2.24) is 0 Å². The van der Waals surface area contributed by atoms with Crippen molar-refractivity contribution in [3.63, 3.8) is 0 Å². The van der Waals surface area contributed by atoms with E-state index in [1.54, 1.807) is 0 Å². The molecule has 2 nitrogen and oxygen atoms in total. The van der Waals surface area contributed by atoms with Gasteiger partial charge < -0.3 is 4.74 Å². The fraction of sp³-hybridized carbons (Fsp3) is 0.708. The number of ketones is 1. The highest BCUT2D eigenvalue weighted by molar-refractivity contribution is 5.99.